The zero-order valence-corrected chi connectivity index (χ0v) is 12.4. The van der Waals surface area contributed by atoms with E-state index in [9.17, 15) is 4.79 Å². The Morgan fingerprint density at radius 1 is 1.45 bits per heavy atom. The van der Waals surface area contributed by atoms with Crippen LogP contribution in [0.2, 0.25) is 0 Å². The summed E-state index contributed by atoms with van der Waals surface area (Å²) < 4.78 is 10.8. The molecule has 0 bridgehead atoms. The number of ether oxygens (including phenoxy) is 2. The van der Waals surface area contributed by atoms with Crippen molar-refractivity contribution >= 4 is 5.91 Å². The van der Waals surface area contributed by atoms with Gasteiger partial charge in [-0.1, -0.05) is 12.1 Å². The van der Waals surface area contributed by atoms with Gasteiger partial charge in [0.15, 0.2) is 0 Å². The molecule has 0 radical (unpaired) electrons. The molecule has 4 heteroatoms. The molecule has 0 spiro atoms. The second-order valence-corrected chi connectivity index (χ2v) is 5.44. The van der Waals surface area contributed by atoms with Gasteiger partial charge in [-0.15, -0.1) is 0 Å². The lowest BCUT2D eigenvalue weighted by molar-refractivity contribution is -0.132. The van der Waals surface area contributed by atoms with Crippen LogP contribution in [0.15, 0.2) is 18.2 Å². The van der Waals surface area contributed by atoms with E-state index < -0.39 is 0 Å². The Labute approximate surface area is 120 Å². The van der Waals surface area contributed by atoms with E-state index in [1.165, 1.54) is 12.8 Å². The average molecular weight is 277 g/mol. The van der Waals surface area contributed by atoms with Crippen LogP contribution >= 0.6 is 0 Å². The van der Waals surface area contributed by atoms with Crippen LogP contribution < -0.4 is 10.1 Å². The molecule has 4 nitrogen and oxygen atoms in total. The van der Waals surface area contributed by atoms with Gasteiger partial charge in [0, 0.05) is 6.54 Å². The van der Waals surface area contributed by atoms with Gasteiger partial charge in [-0.2, -0.15) is 0 Å². The number of nitrogens with one attached hydrogen (secondary N) is 1. The van der Waals surface area contributed by atoms with Gasteiger partial charge in [-0.25, -0.2) is 0 Å². The van der Waals surface area contributed by atoms with E-state index >= 15 is 0 Å². The van der Waals surface area contributed by atoms with Gasteiger partial charge >= 0.3 is 0 Å². The molecule has 1 aliphatic rings. The largest absolute Gasteiger partial charge is 0.496 e. The Morgan fingerprint density at radius 3 is 2.85 bits per heavy atom. The average Bonchev–Trinajstić information content (AvgIpc) is 3.27. The Balaban J connectivity index is 1.79. The molecule has 1 aliphatic carbocycles. The van der Waals surface area contributed by atoms with Gasteiger partial charge in [0.05, 0.1) is 13.7 Å². The molecule has 0 unspecified atom stereocenters. The van der Waals surface area contributed by atoms with Gasteiger partial charge in [0.2, 0.25) is 5.91 Å². The molecular formula is C16H23NO3. The van der Waals surface area contributed by atoms with Crippen molar-refractivity contribution in [3.8, 4) is 5.75 Å². The van der Waals surface area contributed by atoms with Crippen LogP contribution in [0.1, 0.15) is 30.9 Å². The molecule has 1 amide bonds. The summed E-state index contributed by atoms with van der Waals surface area (Å²) in [4.78, 5) is 11.9. The lowest BCUT2D eigenvalue weighted by Crippen LogP contribution is -2.34. The number of hydrogen-bond donors (Lipinski definition) is 1. The molecule has 1 atom stereocenters. The van der Waals surface area contributed by atoms with E-state index in [1.54, 1.807) is 14.0 Å². The summed E-state index contributed by atoms with van der Waals surface area (Å²) in [5.74, 6) is 1.45. The normalized spacial score (nSPS) is 15.8. The van der Waals surface area contributed by atoms with E-state index in [2.05, 4.69) is 5.32 Å². The minimum absolute atomic E-state index is 0.0646. The number of carbonyl (C=O) groups is 1. The van der Waals surface area contributed by atoms with E-state index in [4.69, 9.17) is 9.47 Å². The molecule has 1 N–H and O–H groups in total. The third-order valence-corrected chi connectivity index (χ3v) is 3.59. The summed E-state index contributed by atoms with van der Waals surface area (Å²) in [6, 6.07) is 5.94. The minimum atomic E-state index is -0.386. The maximum Gasteiger partial charge on any atom is 0.249 e. The van der Waals surface area contributed by atoms with Crippen LogP contribution in [-0.4, -0.2) is 25.7 Å². The molecular weight excluding hydrogens is 254 g/mol. The van der Waals surface area contributed by atoms with E-state index in [0.717, 1.165) is 16.9 Å². The first-order valence-electron chi connectivity index (χ1n) is 7.13. The van der Waals surface area contributed by atoms with Gasteiger partial charge in [0.1, 0.15) is 11.9 Å². The van der Waals surface area contributed by atoms with Crippen LogP contribution in [0, 0.1) is 12.8 Å². The van der Waals surface area contributed by atoms with Crippen molar-refractivity contribution in [3.05, 3.63) is 29.3 Å². The molecule has 0 aromatic heterocycles. The van der Waals surface area contributed by atoms with Gasteiger partial charge in [0.25, 0.3) is 0 Å². The highest BCUT2D eigenvalue weighted by atomic mass is 16.5. The van der Waals surface area contributed by atoms with Crippen molar-refractivity contribution in [2.45, 2.75) is 39.3 Å². The van der Waals surface area contributed by atoms with Crippen molar-refractivity contribution in [1.29, 1.82) is 0 Å². The Bertz CT molecular complexity index is 469. The molecule has 0 saturated heterocycles. The Morgan fingerprint density at radius 2 is 2.20 bits per heavy atom. The second-order valence-electron chi connectivity index (χ2n) is 5.44. The molecule has 1 saturated carbocycles. The van der Waals surface area contributed by atoms with Gasteiger partial charge < -0.3 is 14.8 Å². The lowest BCUT2D eigenvalue weighted by Gasteiger charge is -2.14. The zero-order chi connectivity index (χ0) is 14.5. The number of aryl methyl sites for hydroxylation is 1. The number of methoxy groups -OCH3 is 1. The fourth-order valence-corrected chi connectivity index (χ4v) is 1.95. The summed E-state index contributed by atoms with van der Waals surface area (Å²) in [5, 5.41) is 2.89. The fourth-order valence-electron chi connectivity index (χ4n) is 1.95. The van der Waals surface area contributed by atoms with Crippen molar-refractivity contribution in [2.75, 3.05) is 13.7 Å². The Kier molecular flexibility index (Phi) is 5.01. The summed E-state index contributed by atoms with van der Waals surface area (Å²) in [6.07, 6.45) is 2.08. The van der Waals surface area contributed by atoms with Gasteiger partial charge in [-0.05, 0) is 49.8 Å². The summed E-state index contributed by atoms with van der Waals surface area (Å²) in [6.45, 7) is 4.99. The summed E-state index contributed by atoms with van der Waals surface area (Å²) in [7, 11) is 1.65. The lowest BCUT2D eigenvalue weighted by atomic mass is 10.1. The van der Waals surface area contributed by atoms with Crippen LogP contribution in [0.5, 0.6) is 5.75 Å². The molecule has 20 heavy (non-hydrogen) atoms. The first-order valence-corrected chi connectivity index (χ1v) is 7.13. The van der Waals surface area contributed by atoms with Crippen LogP contribution in [0.3, 0.4) is 0 Å². The number of carbonyl (C=O) groups excluding carboxylic acids is 1. The van der Waals surface area contributed by atoms with Gasteiger partial charge in [-0.3, -0.25) is 4.79 Å². The van der Waals surface area contributed by atoms with Crippen molar-refractivity contribution in [1.82, 2.24) is 5.32 Å². The third-order valence-electron chi connectivity index (χ3n) is 3.59. The maximum atomic E-state index is 11.9. The molecule has 0 heterocycles. The van der Waals surface area contributed by atoms with Crippen LogP contribution in [0.4, 0.5) is 0 Å². The molecule has 1 aromatic carbocycles. The summed E-state index contributed by atoms with van der Waals surface area (Å²) in [5.41, 5.74) is 2.11. The SMILES string of the molecule is COc1cc(CNC(=O)[C@H](C)OCC2CC2)ccc1C. The second kappa shape index (κ2) is 6.75. The topological polar surface area (TPSA) is 47.6 Å². The molecule has 0 aliphatic heterocycles. The Hall–Kier alpha value is -1.55. The smallest absolute Gasteiger partial charge is 0.249 e. The monoisotopic (exact) mass is 277 g/mol. The standard InChI is InChI=1S/C16H23NO3/c1-11-4-5-14(8-15(11)19-3)9-17-16(18)12(2)20-10-13-6-7-13/h4-5,8,12-13H,6-7,9-10H2,1-3H3,(H,17,18)/t12-/m0/s1. The number of hydrogen-bond acceptors (Lipinski definition) is 3. The summed E-state index contributed by atoms with van der Waals surface area (Å²) >= 11 is 0. The van der Waals surface area contributed by atoms with Crippen molar-refractivity contribution in [3.63, 3.8) is 0 Å². The first kappa shape index (κ1) is 14.9. The van der Waals surface area contributed by atoms with E-state index in [-0.39, 0.29) is 12.0 Å². The van der Waals surface area contributed by atoms with Crippen molar-refractivity contribution < 1.29 is 14.3 Å². The first-order chi connectivity index (χ1) is 9.60. The maximum absolute atomic E-state index is 11.9. The predicted octanol–water partition coefficient (Wildman–Crippen LogP) is 2.43. The molecule has 1 fully saturated rings. The number of amides is 1. The highest BCUT2D eigenvalue weighted by Gasteiger charge is 2.23. The third kappa shape index (κ3) is 4.23. The van der Waals surface area contributed by atoms with E-state index in [1.807, 2.05) is 25.1 Å². The fraction of sp³-hybridized carbons (Fsp3) is 0.562. The van der Waals surface area contributed by atoms with Crippen molar-refractivity contribution in [2.24, 2.45) is 5.92 Å². The van der Waals surface area contributed by atoms with Crippen LogP contribution in [-0.2, 0) is 16.1 Å². The highest BCUT2D eigenvalue weighted by Crippen LogP contribution is 2.29. The predicted molar refractivity (Wildman–Crippen MR) is 77.7 cm³/mol. The van der Waals surface area contributed by atoms with E-state index in [0.29, 0.717) is 19.1 Å². The minimum Gasteiger partial charge on any atom is -0.496 e. The number of rotatable bonds is 7. The quantitative estimate of drug-likeness (QED) is 0.832. The van der Waals surface area contributed by atoms with Crippen LogP contribution in [0.25, 0.3) is 0 Å². The zero-order valence-electron chi connectivity index (χ0n) is 12.4. The highest BCUT2D eigenvalue weighted by molar-refractivity contribution is 5.80. The molecule has 110 valence electrons. The number of benzene rings is 1. The molecule has 1 aromatic rings. The molecule has 2 rings (SSSR count).